The number of halogens is 1. The van der Waals surface area contributed by atoms with Gasteiger partial charge >= 0.3 is 5.97 Å². The van der Waals surface area contributed by atoms with Gasteiger partial charge in [-0.3, -0.25) is 19.2 Å². The Hall–Kier alpha value is -4.76. The molecule has 0 aliphatic carbocycles. The molecule has 4 rings (SSSR count). The summed E-state index contributed by atoms with van der Waals surface area (Å²) in [6.45, 7) is 3.31. The van der Waals surface area contributed by atoms with Gasteiger partial charge in [0.1, 0.15) is 10.7 Å². The van der Waals surface area contributed by atoms with Crippen LogP contribution in [0, 0.1) is 0 Å². The van der Waals surface area contributed by atoms with Gasteiger partial charge < -0.3 is 15.4 Å². The number of amides is 3. The van der Waals surface area contributed by atoms with Crippen molar-refractivity contribution in [2.24, 2.45) is 0 Å². The van der Waals surface area contributed by atoms with Gasteiger partial charge in [0.25, 0.3) is 17.7 Å². The van der Waals surface area contributed by atoms with Gasteiger partial charge in [-0.2, -0.15) is 0 Å². The monoisotopic (exact) mass is 531 g/mol. The molecule has 0 aromatic heterocycles. The molecule has 3 aromatic carbocycles. The molecule has 10 heteroatoms. The first-order chi connectivity index (χ1) is 18.2. The van der Waals surface area contributed by atoms with Gasteiger partial charge in [0.05, 0.1) is 17.9 Å². The third-order valence-corrected chi connectivity index (χ3v) is 5.96. The second-order valence-corrected chi connectivity index (χ2v) is 8.57. The Morgan fingerprint density at radius 3 is 2.11 bits per heavy atom. The second kappa shape index (κ2) is 11.1. The third-order valence-electron chi connectivity index (χ3n) is 5.61. The van der Waals surface area contributed by atoms with Crippen LogP contribution in [0.15, 0.2) is 83.5 Å². The number of carbonyl (C=O) groups excluding carboxylic acids is 5. The number of hydrogen-bond donors (Lipinski definition) is 2. The number of nitrogens with one attached hydrogen (secondary N) is 2. The van der Waals surface area contributed by atoms with E-state index in [2.05, 4.69) is 10.6 Å². The third kappa shape index (κ3) is 5.47. The highest BCUT2D eigenvalue weighted by Crippen LogP contribution is 2.30. The average Bonchev–Trinajstić information content (AvgIpc) is 3.12. The predicted molar refractivity (Wildman–Crippen MR) is 142 cm³/mol. The number of benzene rings is 3. The number of anilines is 3. The highest BCUT2D eigenvalue weighted by atomic mass is 35.5. The summed E-state index contributed by atoms with van der Waals surface area (Å²) in [4.78, 5) is 62.8. The SMILES string of the molecule is CCOC(=O)c1cccc(N2C(=O)C(Cl)=C(Nc3ccc(C(=O)Nc4ccc(C(C)=O)cc4)cc3)C2=O)c1. The van der Waals surface area contributed by atoms with E-state index in [0.29, 0.717) is 22.5 Å². The summed E-state index contributed by atoms with van der Waals surface area (Å²) in [6.07, 6.45) is 0. The number of ether oxygens (including phenoxy) is 1. The standard InChI is InChI=1S/C28H22ClN3O6/c1-3-38-28(37)19-5-4-6-22(15-19)32-26(35)23(29)24(27(32)36)30-20-13-9-18(10-14-20)25(34)31-21-11-7-17(8-12-21)16(2)33/h4-15,30H,3H2,1-2H3,(H,31,34). The quantitative estimate of drug-likeness (QED) is 0.244. The Morgan fingerprint density at radius 1 is 0.842 bits per heavy atom. The molecule has 0 saturated carbocycles. The van der Waals surface area contributed by atoms with E-state index in [0.717, 1.165) is 4.90 Å². The second-order valence-electron chi connectivity index (χ2n) is 8.20. The smallest absolute Gasteiger partial charge is 0.338 e. The zero-order valence-electron chi connectivity index (χ0n) is 20.4. The van der Waals surface area contributed by atoms with Crippen molar-refractivity contribution in [3.8, 4) is 0 Å². The fourth-order valence-electron chi connectivity index (χ4n) is 3.67. The van der Waals surface area contributed by atoms with E-state index >= 15 is 0 Å². The van der Waals surface area contributed by atoms with Gasteiger partial charge in [-0.1, -0.05) is 17.7 Å². The van der Waals surface area contributed by atoms with Gasteiger partial charge in [-0.15, -0.1) is 0 Å². The molecule has 0 atom stereocenters. The molecule has 9 nitrogen and oxygen atoms in total. The summed E-state index contributed by atoms with van der Waals surface area (Å²) in [6, 6.07) is 18.6. The molecule has 0 saturated heterocycles. The number of esters is 1. The molecular weight excluding hydrogens is 510 g/mol. The zero-order chi connectivity index (χ0) is 27.4. The van der Waals surface area contributed by atoms with Crippen LogP contribution in [0.3, 0.4) is 0 Å². The van der Waals surface area contributed by atoms with Crippen molar-refractivity contribution in [1.29, 1.82) is 0 Å². The molecule has 0 spiro atoms. The molecule has 2 N–H and O–H groups in total. The van der Waals surface area contributed by atoms with Gasteiger partial charge in [0.2, 0.25) is 0 Å². The van der Waals surface area contributed by atoms with Crippen molar-refractivity contribution in [2.75, 3.05) is 22.1 Å². The lowest BCUT2D eigenvalue weighted by Crippen LogP contribution is -2.32. The molecule has 1 aliphatic rings. The first-order valence-electron chi connectivity index (χ1n) is 11.5. The summed E-state index contributed by atoms with van der Waals surface area (Å²) < 4.78 is 4.98. The van der Waals surface area contributed by atoms with Crippen molar-refractivity contribution in [3.05, 3.63) is 100 Å². The van der Waals surface area contributed by atoms with Crippen molar-refractivity contribution in [2.45, 2.75) is 13.8 Å². The lowest BCUT2D eigenvalue weighted by atomic mass is 10.1. The lowest BCUT2D eigenvalue weighted by molar-refractivity contribution is -0.120. The predicted octanol–water partition coefficient (Wildman–Crippen LogP) is 4.75. The Morgan fingerprint density at radius 2 is 1.47 bits per heavy atom. The molecule has 1 heterocycles. The van der Waals surface area contributed by atoms with E-state index in [1.165, 1.54) is 43.3 Å². The number of carbonyl (C=O) groups is 5. The first kappa shape index (κ1) is 26.3. The van der Waals surface area contributed by atoms with Gasteiger partial charge in [-0.25, -0.2) is 9.69 Å². The van der Waals surface area contributed by atoms with Crippen LogP contribution in [0.1, 0.15) is 44.9 Å². The Kier molecular flexibility index (Phi) is 7.68. The van der Waals surface area contributed by atoms with E-state index < -0.39 is 17.8 Å². The average molecular weight is 532 g/mol. The van der Waals surface area contributed by atoms with Crippen LogP contribution >= 0.6 is 11.6 Å². The van der Waals surface area contributed by atoms with Crippen LogP contribution in [0.5, 0.6) is 0 Å². The minimum Gasteiger partial charge on any atom is -0.462 e. The number of hydrogen-bond acceptors (Lipinski definition) is 7. The van der Waals surface area contributed by atoms with E-state index in [1.807, 2.05) is 0 Å². The molecule has 3 aromatic rings. The van der Waals surface area contributed by atoms with E-state index in [-0.39, 0.29) is 40.3 Å². The number of imide groups is 1. The Balaban J connectivity index is 1.46. The van der Waals surface area contributed by atoms with E-state index in [9.17, 15) is 24.0 Å². The highest BCUT2D eigenvalue weighted by Gasteiger charge is 2.39. The number of rotatable bonds is 8. The lowest BCUT2D eigenvalue weighted by Gasteiger charge is -2.16. The van der Waals surface area contributed by atoms with Crippen molar-refractivity contribution < 1.29 is 28.7 Å². The summed E-state index contributed by atoms with van der Waals surface area (Å²) in [7, 11) is 0. The fourth-order valence-corrected chi connectivity index (χ4v) is 3.89. The minimum atomic E-state index is -0.744. The van der Waals surface area contributed by atoms with Crippen molar-refractivity contribution in [1.82, 2.24) is 0 Å². The maximum absolute atomic E-state index is 13.1. The Bertz CT molecular complexity index is 1480. The number of ketones is 1. The topological polar surface area (TPSA) is 122 Å². The molecule has 1 aliphatic heterocycles. The summed E-state index contributed by atoms with van der Waals surface area (Å²) >= 11 is 6.20. The molecular formula is C28H22ClN3O6. The normalized spacial score (nSPS) is 13.0. The van der Waals surface area contributed by atoms with E-state index in [4.69, 9.17) is 16.3 Å². The maximum atomic E-state index is 13.1. The van der Waals surface area contributed by atoms with Crippen LogP contribution in [-0.2, 0) is 14.3 Å². The molecule has 3 amide bonds. The molecule has 0 unspecified atom stereocenters. The van der Waals surface area contributed by atoms with Crippen LogP contribution in [-0.4, -0.2) is 36.1 Å². The number of nitrogens with zero attached hydrogens (tertiary/aromatic N) is 1. The first-order valence-corrected chi connectivity index (χ1v) is 11.9. The summed E-state index contributed by atoms with van der Waals surface area (Å²) in [5.74, 6) is -2.46. The fraction of sp³-hybridized carbons (Fsp3) is 0.107. The van der Waals surface area contributed by atoms with E-state index in [1.54, 1.807) is 43.3 Å². The highest BCUT2D eigenvalue weighted by molar-refractivity contribution is 6.53. The molecule has 38 heavy (non-hydrogen) atoms. The van der Waals surface area contributed by atoms with Gasteiger partial charge in [0, 0.05) is 22.5 Å². The number of Topliss-reactive ketones (excluding diaryl/α,β-unsaturated/α-hetero) is 1. The van der Waals surface area contributed by atoms with Gasteiger partial charge in [-0.05, 0) is 80.6 Å². The molecule has 0 bridgehead atoms. The van der Waals surface area contributed by atoms with Crippen molar-refractivity contribution in [3.63, 3.8) is 0 Å². The molecule has 0 fully saturated rings. The minimum absolute atomic E-state index is 0.0723. The Labute approximate surface area is 223 Å². The van der Waals surface area contributed by atoms with Gasteiger partial charge in [0.15, 0.2) is 5.78 Å². The van der Waals surface area contributed by atoms with Crippen LogP contribution < -0.4 is 15.5 Å². The van der Waals surface area contributed by atoms with Crippen molar-refractivity contribution >= 4 is 58.1 Å². The largest absolute Gasteiger partial charge is 0.462 e. The summed E-state index contributed by atoms with van der Waals surface area (Å²) in [5, 5.41) is 5.27. The van der Waals surface area contributed by atoms with Crippen LogP contribution in [0.2, 0.25) is 0 Å². The zero-order valence-corrected chi connectivity index (χ0v) is 21.2. The maximum Gasteiger partial charge on any atom is 0.338 e. The van der Waals surface area contributed by atoms with Crippen LogP contribution in [0.25, 0.3) is 0 Å². The van der Waals surface area contributed by atoms with Crippen LogP contribution in [0.4, 0.5) is 17.1 Å². The molecule has 0 radical (unpaired) electrons. The summed E-state index contributed by atoms with van der Waals surface area (Å²) in [5.41, 5.74) is 2.05. The molecule has 192 valence electrons.